The normalized spacial score (nSPS) is 11.6. The minimum Gasteiger partial charge on any atom is -0.258 e. The van der Waals surface area contributed by atoms with Crippen molar-refractivity contribution in [1.82, 2.24) is 4.98 Å². The first-order chi connectivity index (χ1) is 10.4. The lowest BCUT2D eigenvalue weighted by Gasteiger charge is -2.05. The van der Waals surface area contributed by atoms with Crippen LogP contribution in [0, 0.1) is 10.1 Å². The van der Waals surface area contributed by atoms with E-state index in [1.165, 1.54) is 36.7 Å². The van der Waals surface area contributed by atoms with Crippen molar-refractivity contribution in [2.45, 2.75) is 6.18 Å². The second kappa shape index (κ2) is 6.20. The molecule has 0 spiro atoms. The van der Waals surface area contributed by atoms with Crippen LogP contribution >= 0.6 is 0 Å². The van der Waals surface area contributed by atoms with E-state index in [4.69, 9.17) is 0 Å². The van der Waals surface area contributed by atoms with Crippen molar-refractivity contribution in [3.63, 3.8) is 0 Å². The first-order valence-electron chi connectivity index (χ1n) is 5.93. The molecule has 0 fully saturated rings. The average molecular weight is 310 g/mol. The molecule has 6 nitrogen and oxygen atoms in total. The number of pyridine rings is 1. The number of alkyl halides is 3. The summed E-state index contributed by atoms with van der Waals surface area (Å²) in [7, 11) is 0. The van der Waals surface area contributed by atoms with E-state index >= 15 is 0 Å². The molecule has 0 atom stereocenters. The number of benzene rings is 1. The van der Waals surface area contributed by atoms with Gasteiger partial charge in [-0.15, -0.1) is 0 Å². The van der Waals surface area contributed by atoms with Crippen LogP contribution in [0.5, 0.6) is 0 Å². The second-order valence-corrected chi connectivity index (χ2v) is 4.12. The monoisotopic (exact) mass is 310 g/mol. The highest BCUT2D eigenvalue weighted by atomic mass is 19.4. The van der Waals surface area contributed by atoms with Crippen molar-refractivity contribution in [1.29, 1.82) is 0 Å². The Kier molecular flexibility index (Phi) is 4.35. The quantitative estimate of drug-likeness (QED) is 0.533. The first-order valence-corrected chi connectivity index (χ1v) is 5.93. The molecule has 0 unspecified atom stereocenters. The predicted molar refractivity (Wildman–Crippen MR) is 73.6 cm³/mol. The van der Waals surface area contributed by atoms with E-state index in [9.17, 15) is 23.3 Å². The van der Waals surface area contributed by atoms with E-state index in [1.807, 2.05) is 0 Å². The molecule has 2 rings (SSSR count). The Morgan fingerprint density at radius 3 is 2.50 bits per heavy atom. The highest BCUT2D eigenvalue weighted by Gasteiger charge is 2.29. The van der Waals surface area contributed by atoms with Crippen LogP contribution < -0.4 is 5.43 Å². The number of halogens is 3. The summed E-state index contributed by atoms with van der Waals surface area (Å²) in [5, 5.41) is 14.5. The van der Waals surface area contributed by atoms with Gasteiger partial charge in [0.2, 0.25) is 5.82 Å². The maximum absolute atomic E-state index is 12.4. The van der Waals surface area contributed by atoms with Gasteiger partial charge in [0, 0.05) is 12.3 Å². The summed E-state index contributed by atoms with van der Waals surface area (Å²) in [6.07, 6.45) is -1.82. The Morgan fingerprint density at radius 2 is 1.91 bits per heavy atom. The van der Waals surface area contributed by atoms with Crippen LogP contribution in [-0.2, 0) is 6.18 Å². The van der Waals surface area contributed by atoms with Gasteiger partial charge in [0.05, 0.1) is 16.7 Å². The molecule has 0 aliphatic rings. The maximum Gasteiger partial charge on any atom is 0.416 e. The Bertz CT molecular complexity index is 699. The van der Waals surface area contributed by atoms with E-state index < -0.39 is 16.7 Å². The summed E-state index contributed by atoms with van der Waals surface area (Å²) in [5.74, 6) is -0.0596. The first kappa shape index (κ1) is 15.4. The van der Waals surface area contributed by atoms with Crippen molar-refractivity contribution in [2.75, 3.05) is 5.43 Å². The molecule has 1 heterocycles. The highest BCUT2D eigenvalue weighted by Crippen LogP contribution is 2.28. The van der Waals surface area contributed by atoms with Crippen LogP contribution in [0.2, 0.25) is 0 Å². The number of hydrogen-bond donors (Lipinski definition) is 1. The number of hydrazone groups is 1. The number of nitrogens with one attached hydrogen (secondary N) is 1. The lowest BCUT2D eigenvalue weighted by molar-refractivity contribution is -0.384. The van der Waals surface area contributed by atoms with Crippen LogP contribution in [-0.4, -0.2) is 16.1 Å². The Hall–Kier alpha value is -2.97. The fourth-order valence-electron chi connectivity index (χ4n) is 1.56. The van der Waals surface area contributed by atoms with Crippen molar-refractivity contribution in [3.05, 3.63) is 63.8 Å². The van der Waals surface area contributed by atoms with Crippen LogP contribution in [0.4, 0.5) is 24.7 Å². The standard InChI is InChI=1S/C13H9F3N4O2/c14-13(15,16)10-5-3-9(4-6-10)8-18-19-12-11(20(21)22)2-1-7-17-12/h1-8H,(H,17,19)/b18-8-. The van der Waals surface area contributed by atoms with Crippen LogP contribution in [0.25, 0.3) is 0 Å². The van der Waals surface area contributed by atoms with E-state index in [1.54, 1.807) is 0 Å². The molecular weight excluding hydrogens is 301 g/mol. The molecular formula is C13H9F3N4O2. The SMILES string of the molecule is O=[N+]([O-])c1cccnc1N/N=C\c1ccc(C(F)(F)F)cc1. The van der Waals surface area contributed by atoms with Gasteiger partial charge in [0.1, 0.15) is 0 Å². The Morgan fingerprint density at radius 1 is 1.23 bits per heavy atom. The molecule has 22 heavy (non-hydrogen) atoms. The van der Waals surface area contributed by atoms with Crippen molar-refractivity contribution >= 4 is 17.7 Å². The lowest BCUT2D eigenvalue weighted by Crippen LogP contribution is -2.04. The van der Waals surface area contributed by atoms with Gasteiger partial charge in [0.15, 0.2) is 0 Å². The third-order valence-corrected chi connectivity index (χ3v) is 2.61. The molecule has 0 saturated carbocycles. The fourth-order valence-corrected chi connectivity index (χ4v) is 1.56. The van der Waals surface area contributed by atoms with Crippen molar-refractivity contribution in [2.24, 2.45) is 5.10 Å². The third-order valence-electron chi connectivity index (χ3n) is 2.61. The number of anilines is 1. The van der Waals surface area contributed by atoms with Gasteiger partial charge in [-0.1, -0.05) is 12.1 Å². The molecule has 0 aliphatic carbocycles. The van der Waals surface area contributed by atoms with Crippen LogP contribution in [0.15, 0.2) is 47.7 Å². The summed E-state index contributed by atoms with van der Waals surface area (Å²) in [6.45, 7) is 0. The topological polar surface area (TPSA) is 80.4 Å². The van der Waals surface area contributed by atoms with Crippen molar-refractivity contribution < 1.29 is 18.1 Å². The fraction of sp³-hybridized carbons (Fsp3) is 0.0769. The van der Waals surface area contributed by atoms with E-state index in [-0.39, 0.29) is 11.5 Å². The summed E-state index contributed by atoms with van der Waals surface area (Å²) in [6, 6.07) is 6.97. The molecule has 0 bridgehead atoms. The number of hydrogen-bond acceptors (Lipinski definition) is 5. The molecule has 0 amide bonds. The summed E-state index contributed by atoms with van der Waals surface area (Å²) >= 11 is 0. The van der Waals surface area contributed by atoms with Gasteiger partial charge in [-0.3, -0.25) is 15.5 Å². The molecule has 1 aromatic carbocycles. The molecule has 0 aliphatic heterocycles. The zero-order valence-corrected chi connectivity index (χ0v) is 10.9. The van der Waals surface area contributed by atoms with Gasteiger partial charge in [-0.25, -0.2) is 4.98 Å². The smallest absolute Gasteiger partial charge is 0.258 e. The van der Waals surface area contributed by atoms with Gasteiger partial charge < -0.3 is 0 Å². The van der Waals surface area contributed by atoms with Gasteiger partial charge in [0.25, 0.3) is 0 Å². The summed E-state index contributed by atoms with van der Waals surface area (Å²) in [4.78, 5) is 13.9. The number of nitrogens with zero attached hydrogens (tertiary/aromatic N) is 3. The van der Waals surface area contributed by atoms with E-state index in [0.29, 0.717) is 5.56 Å². The molecule has 2 aromatic rings. The van der Waals surface area contributed by atoms with Crippen molar-refractivity contribution in [3.8, 4) is 0 Å². The number of nitro groups is 1. The predicted octanol–water partition coefficient (Wildman–Crippen LogP) is 3.45. The minimum absolute atomic E-state index is 0.0596. The molecule has 114 valence electrons. The van der Waals surface area contributed by atoms with Crippen LogP contribution in [0.1, 0.15) is 11.1 Å². The average Bonchev–Trinajstić information content (AvgIpc) is 2.47. The molecule has 1 aromatic heterocycles. The van der Waals surface area contributed by atoms with E-state index in [0.717, 1.165) is 12.1 Å². The minimum atomic E-state index is -4.40. The van der Waals surface area contributed by atoms with Crippen LogP contribution in [0.3, 0.4) is 0 Å². The second-order valence-electron chi connectivity index (χ2n) is 4.12. The number of rotatable bonds is 4. The van der Waals surface area contributed by atoms with Gasteiger partial charge >= 0.3 is 11.9 Å². The maximum atomic E-state index is 12.4. The molecule has 1 N–H and O–H groups in total. The highest BCUT2D eigenvalue weighted by molar-refractivity contribution is 5.80. The van der Waals surface area contributed by atoms with E-state index in [2.05, 4.69) is 15.5 Å². The van der Waals surface area contributed by atoms with Gasteiger partial charge in [-0.05, 0) is 23.8 Å². The zero-order valence-electron chi connectivity index (χ0n) is 10.9. The van der Waals surface area contributed by atoms with Gasteiger partial charge in [-0.2, -0.15) is 18.3 Å². The third kappa shape index (κ3) is 3.78. The summed E-state index contributed by atoms with van der Waals surface area (Å²) < 4.78 is 37.2. The largest absolute Gasteiger partial charge is 0.416 e. The number of aromatic nitrogens is 1. The molecule has 9 heteroatoms. The lowest BCUT2D eigenvalue weighted by atomic mass is 10.1. The molecule has 0 saturated heterocycles. The zero-order chi connectivity index (χ0) is 16.2. The Labute approximate surface area is 122 Å². The Balaban J connectivity index is 2.09. The molecule has 0 radical (unpaired) electrons. The summed E-state index contributed by atoms with van der Waals surface area (Å²) in [5.41, 5.74) is 1.76.